The molecule has 1 N–H and O–H groups in total. The molecule has 6 heteroatoms. The monoisotopic (exact) mass is 346 g/mol. The van der Waals surface area contributed by atoms with Gasteiger partial charge in [0.05, 0.1) is 12.2 Å². The molecule has 4 rings (SSSR count). The molecular formula is C20H18N4O2. The molecule has 0 aliphatic heterocycles. The fraction of sp³-hybridized carbons (Fsp3) is 0.150. The molecule has 0 radical (unpaired) electrons. The number of ether oxygens (including phenoxy) is 1. The van der Waals surface area contributed by atoms with Crippen LogP contribution in [-0.2, 0) is 11.3 Å². The van der Waals surface area contributed by atoms with Gasteiger partial charge < -0.3 is 10.1 Å². The van der Waals surface area contributed by atoms with E-state index in [1.807, 2.05) is 65.3 Å². The molecule has 1 unspecified atom stereocenters. The van der Waals surface area contributed by atoms with E-state index in [2.05, 4.69) is 15.3 Å². The molecule has 0 bridgehead atoms. The van der Waals surface area contributed by atoms with Crippen molar-refractivity contribution in [3.63, 3.8) is 0 Å². The van der Waals surface area contributed by atoms with Gasteiger partial charge in [-0.1, -0.05) is 30.3 Å². The van der Waals surface area contributed by atoms with Gasteiger partial charge in [-0.05, 0) is 35.9 Å². The standard InChI is InChI=1S/C20H18N4O2/c1-14(26-18-8-7-15-5-2-3-6-16(15)11-18)19(25)22-12-17-13-24-10-4-9-21-20(24)23-17/h2-11,13-14H,12H2,1H3,(H,22,25). The Hall–Kier alpha value is -3.41. The first-order valence-corrected chi connectivity index (χ1v) is 8.41. The van der Waals surface area contributed by atoms with E-state index < -0.39 is 6.10 Å². The number of carbonyl (C=O) groups excluding carboxylic acids is 1. The zero-order valence-corrected chi connectivity index (χ0v) is 14.3. The summed E-state index contributed by atoms with van der Waals surface area (Å²) in [5.41, 5.74) is 0.745. The van der Waals surface area contributed by atoms with Gasteiger partial charge in [0.2, 0.25) is 5.78 Å². The van der Waals surface area contributed by atoms with E-state index in [4.69, 9.17) is 4.74 Å². The van der Waals surface area contributed by atoms with E-state index in [0.717, 1.165) is 16.5 Å². The third-order valence-corrected chi connectivity index (χ3v) is 4.13. The molecule has 1 amide bonds. The lowest BCUT2D eigenvalue weighted by Crippen LogP contribution is -2.35. The summed E-state index contributed by atoms with van der Waals surface area (Å²) in [6.45, 7) is 2.06. The SMILES string of the molecule is CC(Oc1ccc2ccccc2c1)C(=O)NCc1cn2cccnc2n1. The first-order valence-electron chi connectivity index (χ1n) is 8.41. The number of amides is 1. The van der Waals surface area contributed by atoms with Crippen molar-refractivity contribution in [3.05, 3.63) is 72.8 Å². The highest BCUT2D eigenvalue weighted by Crippen LogP contribution is 2.21. The van der Waals surface area contributed by atoms with E-state index in [-0.39, 0.29) is 5.91 Å². The molecule has 0 saturated heterocycles. The Morgan fingerprint density at radius 3 is 2.88 bits per heavy atom. The zero-order chi connectivity index (χ0) is 17.9. The summed E-state index contributed by atoms with van der Waals surface area (Å²) in [6.07, 6.45) is 4.79. The highest BCUT2D eigenvalue weighted by molar-refractivity contribution is 5.84. The molecule has 130 valence electrons. The molecule has 0 saturated carbocycles. The summed E-state index contributed by atoms with van der Waals surface area (Å²) in [7, 11) is 0. The van der Waals surface area contributed by atoms with Crippen LogP contribution in [0.3, 0.4) is 0 Å². The fourth-order valence-electron chi connectivity index (χ4n) is 2.78. The Balaban J connectivity index is 1.38. The smallest absolute Gasteiger partial charge is 0.261 e. The third-order valence-electron chi connectivity index (χ3n) is 4.13. The summed E-state index contributed by atoms with van der Waals surface area (Å²) in [5.74, 6) is 1.09. The van der Waals surface area contributed by atoms with Gasteiger partial charge in [0.25, 0.3) is 5.91 Å². The quantitative estimate of drug-likeness (QED) is 0.603. The Kier molecular flexibility index (Phi) is 4.23. The summed E-state index contributed by atoms with van der Waals surface area (Å²) in [4.78, 5) is 20.8. The molecule has 6 nitrogen and oxygen atoms in total. The second-order valence-electron chi connectivity index (χ2n) is 6.05. The van der Waals surface area contributed by atoms with Gasteiger partial charge in [-0.3, -0.25) is 9.20 Å². The first kappa shape index (κ1) is 16.1. The Bertz CT molecular complexity index is 1040. The molecule has 0 fully saturated rings. The molecule has 1 atom stereocenters. The highest BCUT2D eigenvalue weighted by atomic mass is 16.5. The average molecular weight is 346 g/mol. The molecule has 4 aromatic rings. The van der Waals surface area contributed by atoms with Crippen LogP contribution in [0.2, 0.25) is 0 Å². The average Bonchev–Trinajstić information content (AvgIpc) is 3.09. The predicted octanol–water partition coefficient (Wildman–Crippen LogP) is 2.97. The van der Waals surface area contributed by atoms with Gasteiger partial charge in [0, 0.05) is 18.6 Å². The van der Waals surface area contributed by atoms with Crippen LogP contribution in [-0.4, -0.2) is 26.4 Å². The van der Waals surface area contributed by atoms with Crippen LogP contribution in [0.25, 0.3) is 16.6 Å². The summed E-state index contributed by atoms with van der Waals surface area (Å²) >= 11 is 0. The van der Waals surface area contributed by atoms with E-state index in [9.17, 15) is 4.79 Å². The van der Waals surface area contributed by atoms with Crippen LogP contribution in [0, 0.1) is 0 Å². The van der Waals surface area contributed by atoms with Crippen LogP contribution < -0.4 is 10.1 Å². The van der Waals surface area contributed by atoms with Gasteiger partial charge in [0.1, 0.15) is 5.75 Å². The van der Waals surface area contributed by atoms with Crippen molar-refractivity contribution >= 4 is 22.5 Å². The molecule has 0 aliphatic carbocycles. The second kappa shape index (κ2) is 6.84. The van der Waals surface area contributed by atoms with Crippen molar-refractivity contribution in [2.24, 2.45) is 0 Å². The number of nitrogens with zero attached hydrogens (tertiary/aromatic N) is 3. The zero-order valence-electron chi connectivity index (χ0n) is 14.3. The fourth-order valence-corrected chi connectivity index (χ4v) is 2.78. The number of carbonyl (C=O) groups is 1. The van der Waals surface area contributed by atoms with Gasteiger partial charge in [-0.2, -0.15) is 0 Å². The maximum Gasteiger partial charge on any atom is 0.261 e. The summed E-state index contributed by atoms with van der Waals surface area (Å²) in [5, 5.41) is 5.06. The number of benzene rings is 2. The molecule has 2 heterocycles. The maximum absolute atomic E-state index is 12.3. The van der Waals surface area contributed by atoms with Crippen LogP contribution in [0.1, 0.15) is 12.6 Å². The lowest BCUT2D eigenvalue weighted by atomic mass is 10.1. The Morgan fingerprint density at radius 1 is 1.19 bits per heavy atom. The van der Waals surface area contributed by atoms with Crippen LogP contribution in [0.15, 0.2) is 67.1 Å². The minimum Gasteiger partial charge on any atom is -0.481 e. The van der Waals surface area contributed by atoms with Crippen molar-refractivity contribution in [1.29, 1.82) is 0 Å². The number of hydrogen-bond donors (Lipinski definition) is 1. The van der Waals surface area contributed by atoms with Crippen molar-refractivity contribution in [2.45, 2.75) is 19.6 Å². The number of fused-ring (bicyclic) bond motifs is 2. The molecule has 0 aliphatic rings. The lowest BCUT2D eigenvalue weighted by Gasteiger charge is -2.14. The number of rotatable bonds is 5. The van der Waals surface area contributed by atoms with E-state index in [1.54, 1.807) is 13.1 Å². The number of hydrogen-bond acceptors (Lipinski definition) is 4. The largest absolute Gasteiger partial charge is 0.481 e. The molecule has 2 aromatic heterocycles. The molecule has 0 spiro atoms. The molecule has 2 aromatic carbocycles. The van der Waals surface area contributed by atoms with Gasteiger partial charge in [-0.25, -0.2) is 9.97 Å². The maximum atomic E-state index is 12.3. The summed E-state index contributed by atoms with van der Waals surface area (Å²) in [6, 6.07) is 15.7. The lowest BCUT2D eigenvalue weighted by molar-refractivity contribution is -0.127. The number of nitrogens with one attached hydrogen (secondary N) is 1. The minimum atomic E-state index is -0.605. The van der Waals surface area contributed by atoms with Crippen LogP contribution >= 0.6 is 0 Å². The molecular weight excluding hydrogens is 328 g/mol. The van der Waals surface area contributed by atoms with Gasteiger partial charge >= 0.3 is 0 Å². The Labute approximate surface area is 150 Å². The van der Waals surface area contributed by atoms with Crippen LogP contribution in [0.4, 0.5) is 0 Å². The van der Waals surface area contributed by atoms with Crippen molar-refractivity contribution in [2.75, 3.05) is 0 Å². The van der Waals surface area contributed by atoms with Crippen LogP contribution in [0.5, 0.6) is 5.75 Å². The van der Waals surface area contributed by atoms with Gasteiger partial charge in [0.15, 0.2) is 6.10 Å². The van der Waals surface area contributed by atoms with Crippen molar-refractivity contribution in [1.82, 2.24) is 19.7 Å². The summed E-state index contributed by atoms with van der Waals surface area (Å²) < 4.78 is 7.60. The molecule has 26 heavy (non-hydrogen) atoms. The van der Waals surface area contributed by atoms with E-state index in [0.29, 0.717) is 18.1 Å². The second-order valence-corrected chi connectivity index (χ2v) is 6.05. The van der Waals surface area contributed by atoms with Crippen molar-refractivity contribution in [3.8, 4) is 5.75 Å². The topological polar surface area (TPSA) is 68.5 Å². The normalized spacial score (nSPS) is 12.2. The highest BCUT2D eigenvalue weighted by Gasteiger charge is 2.15. The van der Waals surface area contributed by atoms with E-state index in [1.165, 1.54) is 0 Å². The first-order chi connectivity index (χ1) is 12.7. The van der Waals surface area contributed by atoms with E-state index >= 15 is 0 Å². The van der Waals surface area contributed by atoms with Gasteiger partial charge in [-0.15, -0.1) is 0 Å². The minimum absolute atomic E-state index is 0.192. The predicted molar refractivity (Wildman–Crippen MR) is 98.9 cm³/mol. The third kappa shape index (κ3) is 3.35. The number of aromatic nitrogens is 3. The Morgan fingerprint density at radius 2 is 2.04 bits per heavy atom. The van der Waals surface area contributed by atoms with Crippen molar-refractivity contribution < 1.29 is 9.53 Å². The number of imidazole rings is 1.